The molecule has 1 N–H and O–H groups in total. The molecule has 0 aromatic heterocycles. The van der Waals surface area contributed by atoms with Gasteiger partial charge >= 0.3 is 5.97 Å². The molecule has 0 fully saturated rings. The molecule has 0 aliphatic heterocycles. The maximum atomic E-state index is 12.3. The van der Waals surface area contributed by atoms with E-state index in [1.807, 2.05) is 21.1 Å². The van der Waals surface area contributed by atoms with E-state index in [4.69, 9.17) is 13.8 Å². The van der Waals surface area contributed by atoms with Crippen LogP contribution in [0.1, 0.15) is 110 Å². The summed E-state index contributed by atoms with van der Waals surface area (Å²) >= 11 is 0. The SMILES string of the molecule is CCCCCCCCCCCCCCCCC(OP(=O)([O-])OCC[N+](C)(C)C)[C@H](CO)OC(C)=O. The summed E-state index contributed by atoms with van der Waals surface area (Å²) in [6.07, 6.45) is 15.5. The molecule has 9 heteroatoms. The Morgan fingerprint density at radius 1 is 0.857 bits per heavy atom. The van der Waals surface area contributed by atoms with E-state index in [0.29, 0.717) is 17.4 Å². The molecule has 0 heterocycles. The van der Waals surface area contributed by atoms with Gasteiger partial charge in [0.05, 0.1) is 27.7 Å². The highest BCUT2D eigenvalue weighted by Gasteiger charge is 2.29. The normalized spacial score (nSPS) is 15.5. The first kappa shape index (κ1) is 34.5. The zero-order valence-electron chi connectivity index (χ0n) is 23.2. The summed E-state index contributed by atoms with van der Waals surface area (Å²) in [5.41, 5.74) is 0. The van der Waals surface area contributed by atoms with Gasteiger partial charge in [-0.1, -0.05) is 96.8 Å². The highest BCUT2D eigenvalue weighted by atomic mass is 31.2. The van der Waals surface area contributed by atoms with Crippen LogP contribution in [0.5, 0.6) is 0 Å². The zero-order chi connectivity index (χ0) is 26.6. The molecule has 0 saturated carbocycles. The Hall–Kier alpha value is -0.500. The average Bonchev–Trinajstić information content (AvgIpc) is 2.75. The zero-order valence-corrected chi connectivity index (χ0v) is 24.1. The van der Waals surface area contributed by atoms with Crippen LogP contribution >= 0.6 is 7.82 Å². The standard InChI is InChI=1S/C26H54NO7P/c1-6-7-8-9-10-11-12-13-14-15-16-17-18-19-20-25(26(23-28)33-24(2)29)34-35(30,31)32-22-21-27(3,4)5/h25-26,28H,6-23H2,1-5H3/t25?,26-/m0/s1. The highest BCUT2D eigenvalue weighted by Crippen LogP contribution is 2.41. The molecule has 8 nitrogen and oxygen atoms in total. The van der Waals surface area contributed by atoms with Crippen LogP contribution in [0.2, 0.25) is 0 Å². The van der Waals surface area contributed by atoms with Gasteiger partial charge in [-0.3, -0.25) is 9.36 Å². The van der Waals surface area contributed by atoms with Gasteiger partial charge in [-0.25, -0.2) is 0 Å². The minimum atomic E-state index is -4.60. The van der Waals surface area contributed by atoms with E-state index < -0.39 is 32.6 Å². The molecular formula is C26H54NO7P. The summed E-state index contributed by atoms with van der Waals surface area (Å²) in [7, 11) is 1.20. The number of hydrogen-bond donors (Lipinski definition) is 1. The fraction of sp³-hybridized carbons (Fsp3) is 0.962. The number of aliphatic hydroxyl groups excluding tert-OH is 1. The molecular weight excluding hydrogens is 469 g/mol. The van der Waals surface area contributed by atoms with Gasteiger partial charge in [0.15, 0.2) is 6.10 Å². The summed E-state index contributed by atoms with van der Waals surface area (Å²) in [5, 5.41) is 9.65. The number of hydrogen-bond acceptors (Lipinski definition) is 7. The first-order valence-corrected chi connectivity index (χ1v) is 15.2. The monoisotopic (exact) mass is 523 g/mol. The van der Waals surface area contributed by atoms with Crippen molar-refractivity contribution in [2.24, 2.45) is 0 Å². The fourth-order valence-electron chi connectivity index (χ4n) is 3.91. The van der Waals surface area contributed by atoms with Crippen molar-refractivity contribution in [3.8, 4) is 0 Å². The van der Waals surface area contributed by atoms with Gasteiger partial charge < -0.3 is 28.3 Å². The number of phosphoric acid groups is 1. The molecule has 0 aromatic rings. The summed E-state index contributed by atoms with van der Waals surface area (Å²) < 4.78 is 28.2. The van der Waals surface area contributed by atoms with Crippen LogP contribution in [-0.2, 0) is 23.1 Å². The molecule has 0 rings (SSSR count). The van der Waals surface area contributed by atoms with Gasteiger partial charge in [0.2, 0.25) is 0 Å². The quantitative estimate of drug-likeness (QED) is 0.0786. The largest absolute Gasteiger partial charge is 0.756 e. The minimum absolute atomic E-state index is 0.00673. The van der Waals surface area contributed by atoms with E-state index >= 15 is 0 Å². The van der Waals surface area contributed by atoms with E-state index in [2.05, 4.69) is 6.92 Å². The van der Waals surface area contributed by atoms with Gasteiger partial charge in [0.25, 0.3) is 7.82 Å². The van der Waals surface area contributed by atoms with Crippen molar-refractivity contribution in [3.05, 3.63) is 0 Å². The van der Waals surface area contributed by atoms with E-state index in [0.717, 1.165) is 25.7 Å². The van der Waals surface area contributed by atoms with Crippen molar-refractivity contribution in [2.75, 3.05) is 40.9 Å². The van der Waals surface area contributed by atoms with E-state index in [1.54, 1.807) is 0 Å². The number of carbonyl (C=O) groups is 1. The Balaban J connectivity index is 4.26. The Morgan fingerprint density at radius 3 is 1.71 bits per heavy atom. The third kappa shape index (κ3) is 22.4. The summed E-state index contributed by atoms with van der Waals surface area (Å²) in [6.45, 7) is 3.44. The smallest absolute Gasteiger partial charge is 0.303 e. The van der Waals surface area contributed by atoms with Crippen molar-refractivity contribution in [3.63, 3.8) is 0 Å². The molecule has 0 radical (unpaired) electrons. The number of carbonyl (C=O) groups excluding carboxylic acids is 1. The first-order valence-electron chi connectivity index (χ1n) is 13.7. The number of esters is 1. The second-order valence-electron chi connectivity index (χ2n) is 10.7. The lowest BCUT2D eigenvalue weighted by atomic mass is 10.0. The van der Waals surface area contributed by atoms with Crippen molar-refractivity contribution >= 4 is 13.8 Å². The van der Waals surface area contributed by atoms with Crippen molar-refractivity contribution in [1.29, 1.82) is 0 Å². The Labute approximate surface area is 214 Å². The third-order valence-corrected chi connectivity index (χ3v) is 7.06. The van der Waals surface area contributed by atoms with Crippen molar-refractivity contribution in [1.82, 2.24) is 0 Å². The van der Waals surface area contributed by atoms with Crippen LogP contribution < -0.4 is 4.89 Å². The fourth-order valence-corrected chi connectivity index (χ4v) is 4.85. The predicted molar refractivity (Wildman–Crippen MR) is 139 cm³/mol. The number of nitrogens with zero attached hydrogens (tertiary/aromatic N) is 1. The lowest BCUT2D eigenvalue weighted by Crippen LogP contribution is -2.39. The lowest BCUT2D eigenvalue weighted by Gasteiger charge is -2.32. The topological polar surface area (TPSA) is 105 Å². The molecule has 3 atom stereocenters. The second kappa shape index (κ2) is 20.5. The Morgan fingerprint density at radius 2 is 1.31 bits per heavy atom. The molecule has 0 aliphatic carbocycles. The van der Waals surface area contributed by atoms with Gasteiger partial charge in [-0.15, -0.1) is 0 Å². The average molecular weight is 524 g/mol. The van der Waals surface area contributed by atoms with Crippen LogP contribution in [0.25, 0.3) is 0 Å². The van der Waals surface area contributed by atoms with Gasteiger partial charge in [-0.05, 0) is 6.42 Å². The molecule has 0 spiro atoms. The number of phosphoric ester groups is 1. The molecule has 35 heavy (non-hydrogen) atoms. The summed E-state index contributed by atoms with van der Waals surface area (Å²) in [5.74, 6) is -0.592. The molecule has 0 amide bonds. The van der Waals surface area contributed by atoms with Crippen LogP contribution in [0.4, 0.5) is 0 Å². The lowest BCUT2D eigenvalue weighted by molar-refractivity contribution is -0.870. The van der Waals surface area contributed by atoms with Gasteiger partial charge in [-0.2, -0.15) is 0 Å². The maximum Gasteiger partial charge on any atom is 0.303 e. The van der Waals surface area contributed by atoms with Crippen LogP contribution in [0.15, 0.2) is 0 Å². The van der Waals surface area contributed by atoms with Gasteiger partial charge in [0, 0.05) is 6.92 Å². The van der Waals surface area contributed by atoms with Gasteiger partial charge in [0.1, 0.15) is 19.3 Å². The predicted octanol–water partition coefficient (Wildman–Crippen LogP) is 5.36. The van der Waals surface area contributed by atoms with Crippen LogP contribution in [0, 0.1) is 0 Å². The number of unbranched alkanes of at least 4 members (excludes halogenated alkanes) is 13. The maximum absolute atomic E-state index is 12.3. The van der Waals surface area contributed by atoms with E-state index in [9.17, 15) is 19.4 Å². The third-order valence-electron chi connectivity index (χ3n) is 6.03. The Bertz CT molecular complexity index is 568. The number of quaternary nitrogens is 1. The van der Waals surface area contributed by atoms with Crippen LogP contribution in [-0.4, -0.2) is 68.7 Å². The molecule has 0 bridgehead atoms. The minimum Gasteiger partial charge on any atom is -0.756 e. The van der Waals surface area contributed by atoms with Crippen molar-refractivity contribution < 1.29 is 37.6 Å². The number of likely N-dealkylation sites (N-methyl/N-ethyl adjacent to an activating group) is 1. The summed E-state index contributed by atoms with van der Waals surface area (Å²) in [4.78, 5) is 23.7. The van der Waals surface area contributed by atoms with E-state index in [1.165, 1.54) is 71.1 Å². The number of ether oxygens (including phenoxy) is 1. The molecule has 0 aromatic carbocycles. The molecule has 2 unspecified atom stereocenters. The summed E-state index contributed by atoms with van der Waals surface area (Å²) in [6, 6.07) is 0. The van der Waals surface area contributed by atoms with Crippen LogP contribution in [0.3, 0.4) is 0 Å². The van der Waals surface area contributed by atoms with E-state index in [-0.39, 0.29) is 6.61 Å². The number of aliphatic hydroxyl groups is 1. The molecule has 210 valence electrons. The Kier molecular flexibility index (Phi) is 20.3. The number of rotatable bonds is 24. The first-order chi connectivity index (χ1) is 16.5. The second-order valence-corrected chi connectivity index (χ2v) is 12.0. The molecule has 0 saturated heterocycles. The molecule has 0 aliphatic rings. The highest BCUT2D eigenvalue weighted by molar-refractivity contribution is 7.45. The van der Waals surface area contributed by atoms with Crippen molar-refractivity contribution in [2.45, 2.75) is 122 Å².